The molecule has 0 bridgehead atoms. The normalized spacial score (nSPS) is 18.2. The number of nitrogens with one attached hydrogen (secondary N) is 1. The van der Waals surface area contributed by atoms with E-state index < -0.39 is 11.8 Å². The molecule has 0 fully saturated rings. The molecule has 2 aromatic rings. The fourth-order valence-corrected chi connectivity index (χ4v) is 3.66. The number of hydrogen-bond acceptors (Lipinski definition) is 3. The second-order valence-electron chi connectivity index (χ2n) is 7.26. The van der Waals surface area contributed by atoms with Crippen molar-refractivity contribution in [2.75, 3.05) is 19.4 Å². The van der Waals surface area contributed by atoms with Gasteiger partial charge in [-0.3, -0.25) is 14.4 Å². The number of hydrogen-bond donors (Lipinski definition) is 1. The fourth-order valence-electron chi connectivity index (χ4n) is 3.49. The SMILES string of the molecule is CN(C)C(=O)C1CC=CCC1C(=O)Nc1ccc(Cl)cc1C(=O)c1ccccc1. The van der Waals surface area contributed by atoms with Gasteiger partial charge in [-0.1, -0.05) is 54.1 Å². The molecule has 2 atom stereocenters. The lowest BCUT2D eigenvalue weighted by atomic mass is 9.81. The van der Waals surface area contributed by atoms with Gasteiger partial charge in [0.25, 0.3) is 0 Å². The molecule has 150 valence electrons. The zero-order valence-corrected chi connectivity index (χ0v) is 17.1. The average Bonchev–Trinajstić information content (AvgIpc) is 2.74. The number of nitrogens with zero attached hydrogens (tertiary/aromatic N) is 1. The Morgan fingerprint density at radius 3 is 2.28 bits per heavy atom. The van der Waals surface area contributed by atoms with E-state index in [1.54, 1.807) is 56.6 Å². The molecule has 3 rings (SSSR count). The van der Waals surface area contributed by atoms with Crippen molar-refractivity contribution < 1.29 is 14.4 Å². The highest BCUT2D eigenvalue weighted by molar-refractivity contribution is 6.31. The highest BCUT2D eigenvalue weighted by Gasteiger charge is 2.35. The standard InChI is InChI=1S/C23H23ClN2O3/c1-26(2)23(29)18-11-7-6-10-17(18)22(28)25-20-13-12-16(24)14-19(20)21(27)15-8-4-3-5-9-15/h3-9,12-14,17-18H,10-11H2,1-2H3,(H,25,28). The Morgan fingerprint density at radius 1 is 0.966 bits per heavy atom. The Labute approximate surface area is 175 Å². The van der Waals surface area contributed by atoms with Crippen LogP contribution in [-0.4, -0.2) is 36.6 Å². The number of rotatable bonds is 5. The summed E-state index contributed by atoms with van der Waals surface area (Å²) in [6.45, 7) is 0. The van der Waals surface area contributed by atoms with E-state index in [0.717, 1.165) is 0 Å². The van der Waals surface area contributed by atoms with E-state index in [4.69, 9.17) is 11.6 Å². The van der Waals surface area contributed by atoms with Gasteiger partial charge >= 0.3 is 0 Å². The summed E-state index contributed by atoms with van der Waals surface area (Å²) < 4.78 is 0. The molecule has 0 heterocycles. The molecule has 0 saturated heterocycles. The number of carbonyl (C=O) groups is 3. The number of benzene rings is 2. The summed E-state index contributed by atoms with van der Waals surface area (Å²) in [6, 6.07) is 13.6. The van der Waals surface area contributed by atoms with Gasteiger partial charge in [0.15, 0.2) is 5.78 Å². The molecule has 0 saturated carbocycles. The quantitative estimate of drug-likeness (QED) is 0.594. The minimum atomic E-state index is -0.495. The molecule has 0 radical (unpaired) electrons. The van der Waals surface area contributed by atoms with Gasteiger partial charge < -0.3 is 10.2 Å². The number of allylic oxidation sites excluding steroid dienone is 2. The van der Waals surface area contributed by atoms with Crippen LogP contribution in [0.1, 0.15) is 28.8 Å². The Balaban J connectivity index is 1.88. The molecular formula is C23H23ClN2O3. The van der Waals surface area contributed by atoms with Gasteiger partial charge in [-0.05, 0) is 31.0 Å². The first kappa shape index (κ1) is 20.8. The van der Waals surface area contributed by atoms with Crippen molar-refractivity contribution in [2.45, 2.75) is 12.8 Å². The summed E-state index contributed by atoms with van der Waals surface area (Å²) in [5.74, 6) is -1.50. The second kappa shape index (κ2) is 9.05. The molecule has 0 aromatic heterocycles. The molecular weight excluding hydrogens is 388 g/mol. The average molecular weight is 411 g/mol. The van der Waals surface area contributed by atoms with Crippen LogP contribution in [-0.2, 0) is 9.59 Å². The van der Waals surface area contributed by atoms with Gasteiger partial charge in [0.1, 0.15) is 0 Å². The number of ketones is 1. The van der Waals surface area contributed by atoms with Gasteiger partial charge in [-0.25, -0.2) is 0 Å². The Kier molecular flexibility index (Phi) is 6.49. The molecule has 0 aliphatic heterocycles. The number of anilines is 1. The zero-order chi connectivity index (χ0) is 21.0. The third-order valence-corrected chi connectivity index (χ3v) is 5.28. The van der Waals surface area contributed by atoms with Crippen LogP contribution < -0.4 is 5.32 Å². The molecule has 1 aliphatic rings. The first-order chi connectivity index (χ1) is 13.9. The minimum absolute atomic E-state index is 0.0776. The van der Waals surface area contributed by atoms with Crippen molar-refractivity contribution in [3.63, 3.8) is 0 Å². The van der Waals surface area contributed by atoms with Crippen LogP contribution in [0.2, 0.25) is 5.02 Å². The van der Waals surface area contributed by atoms with Crippen molar-refractivity contribution in [2.24, 2.45) is 11.8 Å². The molecule has 29 heavy (non-hydrogen) atoms. The Morgan fingerprint density at radius 2 is 1.62 bits per heavy atom. The third kappa shape index (κ3) is 4.74. The maximum absolute atomic E-state index is 13.0. The van der Waals surface area contributed by atoms with Gasteiger partial charge in [-0.15, -0.1) is 0 Å². The van der Waals surface area contributed by atoms with Crippen molar-refractivity contribution in [3.05, 3.63) is 76.8 Å². The number of halogens is 1. The largest absolute Gasteiger partial charge is 0.349 e. The topological polar surface area (TPSA) is 66.5 Å². The molecule has 1 aliphatic carbocycles. The maximum Gasteiger partial charge on any atom is 0.228 e. The van der Waals surface area contributed by atoms with E-state index in [1.165, 1.54) is 4.90 Å². The van der Waals surface area contributed by atoms with Crippen LogP contribution in [0, 0.1) is 11.8 Å². The van der Waals surface area contributed by atoms with E-state index in [1.807, 2.05) is 18.2 Å². The van der Waals surface area contributed by atoms with Crippen LogP contribution >= 0.6 is 11.6 Å². The molecule has 5 nitrogen and oxygen atoms in total. The van der Waals surface area contributed by atoms with Crippen LogP contribution in [0.15, 0.2) is 60.7 Å². The van der Waals surface area contributed by atoms with Crippen molar-refractivity contribution >= 4 is 34.9 Å². The predicted molar refractivity (Wildman–Crippen MR) is 114 cm³/mol. The summed E-state index contributed by atoms with van der Waals surface area (Å²) in [5.41, 5.74) is 1.21. The highest BCUT2D eigenvalue weighted by atomic mass is 35.5. The van der Waals surface area contributed by atoms with Crippen LogP contribution in [0.3, 0.4) is 0 Å². The molecule has 2 amide bonds. The van der Waals surface area contributed by atoms with E-state index in [-0.39, 0.29) is 17.6 Å². The molecule has 0 spiro atoms. The van der Waals surface area contributed by atoms with E-state index >= 15 is 0 Å². The van der Waals surface area contributed by atoms with Gasteiger partial charge in [0, 0.05) is 30.2 Å². The molecule has 2 aromatic carbocycles. The summed E-state index contributed by atoms with van der Waals surface area (Å²) >= 11 is 6.11. The smallest absolute Gasteiger partial charge is 0.228 e. The predicted octanol–water partition coefficient (Wildman–Crippen LogP) is 4.18. The van der Waals surface area contributed by atoms with Crippen molar-refractivity contribution in [3.8, 4) is 0 Å². The molecule has 1 N–H and O–H groups in total. The summed E-state index contributed by atoms with van der Waals surface area (Å²) in [6.07, 6.45) is 4.85. The first-order valence-corrected chi connectivity index (χ1v) is 9.82. The lowest BCUT2D eigenvalue weighted by Gasteiger charge is -2.29. The third-order valence-electron chi connectivity index (χ3n) is 5.05. The Bertz CT molecular complexity index is 954. The summed E-state index contributed by atoms with van der Waals surface area (Å²) in [4.78, 5) is 40.0. The van der Waals surface area contributed by atoms with E-state index in [9.17, 15) is 14.4 Å². The number of amides is 2. The zero-order valence-electron chi connectivity index (χ0n) is 16.4. The van der Waals surface area contributed by atoms with Gasteiger partial charge in [0.2, 0.25) is 11.8 Å². The summed E-state index contributed by atoms with van der Waals surface area (Å²) in [5, 5.41) is 3.26. The van der Waals surface area contributed by atoms with Gasteiger partial charge in [0.05, 0.1) is 17.5 Å². The van der Waals surface area contributed by atoms with Crippen molar-refractivity contribution in [1.29, 1.82) is 0 Å². The lowest BCUT2D eigenvalue weighted by molar-refractivity contribution is -0.138. The first-order valence-electron chi connectivity index (χ1n) is 9.45. The fraction of sp³-hybridized carbons (Fsp3) is 0.261. The van der Waals surface area contributed by atoms with Crippen LogP contribution in [0.4, 0.5) is 5.69 Å². The lowest BCUT2D eigenvalue weighted by Crippen LogP contribution is -2.40. The van der Waals surface area contributed by atoms with Crippen LogP contribution in [0.25, 0.3) is 0 Å². The van der Waals surface area contributed by atoms with Gasteiger partial charge in [-0.2, -0.15) is 0 Å². The highest BCUT2D eigenvalue weighted by Crippen LogP contribution is 2.30. The molecule has 6 heteroatoms. The minimum Gasteiger partial charge on any atom is -0.349 e. The van der Waals surface area contributed by atoms with E-state index in [2.05, 4.69) is 5.32 Å². The monoisotopic (exact) mass is 410 g/mol. The molecule has 2 unspecified atom stereocenters. The Hall–Kier alpha value is -2.92. The summed E-state index contributed by atoms with van der Waals surface area (Å²) in [7, 11) is 3.37. The number of carbonyl (C=O) groups excluding carboxylic acids is 3. The van der Waals surface area contributed by atoms with Crippen molar-refractivity contribution in [1.82, 2.24) is 4.90 Å². The second-order valence-corrected chi connectivity index (χ2v) is 7.70. The van der Waals surface area contributed by atoms with Crippen LogP contribution in [0.5, 0.6) is 0 Å². The maximum atomic E-state index is 13.0. The van der Waals surface area contributed by atoms with E-state index in [0.29, 0.717) is 34.7 Å².